The zero-order valence-corrected chi connectivity index (χ0v) is 7.14. The van der Waals surface area contributed by atoms with Gasteiger partial charge in [-0.2, -0.15) is 0 Å². The van der Waals surface area contributed by atoms with Crippen molar-refractivity contribution in [3.05, 3.63) is 12.8 Å². The Bertz CT molecular complexity index is 128. The van der Waals surface area contributed by atoms with Crippen LogP contribution in [-0.2, 0) is 9.47 Å². The lowest BCUT2D eigenvalue weighted by Crippen LogP contribution is -2.39. The van der Waals surface area contributed by atoms with Gasteiger partial charge in [0, 0.05) is 5.41 Å². The number of ether oxygens (including phenoxy) is 2. The molecule has 0 aromatic heterocycles. The van der Waals surface area contributed by atoms with Crippen molar-refractivity contribution >= 4 is 0 Å². The van der Waals surface area contributed by atoms with Crippen LogP contribution in [0.15, 0.2) is 12.8 Å². The molecule has 0 bridgehead atoms. The first-order valence-electron chi connectivity index (χ1n) is 4.07. The molecule has 1 heterocycles. The smallest absolute Gasteiger partial charge is 0.0873 e. The largest absolute Gasteiger partial charge is 0.502 e. The van der Waals surface area contributed by atoms with Crippen LogP contribution in [0, 0.1) is 5.41 Å². The van der Waals surface area contributed by atoms with E-state index in [-0.39, 0.29) is 0 Å². The van der Waals surface area contributed by atoms with Gasteiger partial charge in [0.1, 0.15) is 0 Å². The van der Waals surface area contributed by atoms with Crippen LogP contribution in [0.25, 0.3) is 0 Å². The van der Waals surface area contributed by atoms with E-state index in [0.29, 0.717) is 5.41 Å². The molecule has 1 fully saturated rings. The van der Waals surface area contributed by atoms with Gasteiger partial charge < -0.3 is 9.47 Å². The summed E-state index contributed by atoms with van der Waals surface area (Å²) in [5.41, 5.74) is 0.435. The summed E-state index contributed by atoms with van der Waals surface area (Å²) in [5, 5.41) is 0. The molecule has 0 N–H and O–H groups in total. The lowest BCUT2D eigenvalue weighted by molar-refractivity contribution is -0.107. The van der Waals surface area contributed by atoms with Crippen LogP contribution >= 0.6 is 0 Å². The normalized spacial score (nSPS) is 20.5. The molecule has 0 amide bonds. The van der Waals surface area contributed by atoms with E-state index in [2.05, 4.69) is 13.5 Å². The van der Waals surface area contributed by atoms with Crippen LogP contribution in [0.2, 0.25) is 0 Å². The fourth-order valence-electron chi connectivity index (χ4n) is 1.26. The first kappa shape index (κ1) is 8.60. The van der Waals surface area contributed by atoms with E-state index < -0.39 is 0 Å². The molecule has 1 saturated heterocycles. The molecular formula is C9H16O2. The molecule has 11 heavy (non-hydrogen) atoms. The minimum absolute atomic E-state index is 0.435. The van der Waals surface area contributed by atoms with Crippen molar-refractivity contribution in [1.29, 1.82) is 0 Å². The highest BCUT2D eigenvalue weighted by molar-refractivity contribution is 4.80. The summed E-state index contributed by atoms with van der Waals surface area (Å²) in [5.74, 6) is 0. The van der Waals surface area contributed by atoms with Gasteiger partial charge in [-0.1, -0.05) is 13.5 Å². The topological polar surface area (TPSA) is 18.5 Å². The van der Waals surface area contributed by atoms with Gasteiger partial charge in [0.25, 0.3) is 0 Å². The summed E-state index contributed by atoms with van der Waals surface area (Å²) in [6, 6.07) is 0. The van der Waals surface area contributed by atoms with E-state index in [1.165, 1.54) is 12.7 Å². The second-order valence-electron chi connectivity index (χ2n) is 3.44. The Kier molecular flexibility index (Phi) is 2.94. The zero-order valence-electron chi connectivity index (χ0n) is 7.14. The highest BCUT2D eigenvalue weighted by atomic mass is 16.5. The third-order valence-corrected chi connectivity index (χ3v) is 2.06. The van der Waals surface area contributed by atoms with E-state index in [0.717, 1.165) is 26.2 Å². The Morgan fingerprint density at radius 1 is 1.64 bits per heavy atom. The highest BCUT2D eigenvalue weighted by Gasteiger charge is 2.32. The maximum atomic E-state index is 5.13. The quantitative estimate of drug-likeness (QED) is 0.447. The van der Waals surface area contributed by atoms with E-state index >= 15 is 0 Å². The third kappa shape index (κ3) is 2.54. The third-order valence-electron chi connectivity index (χ3n) is 2.06. The van der Waals surface area contributed by atoms with Gasteiger partial charge in [-0.25, -0.2) is 0 Å². The van der Waals surface area contributed by atoms with Gasteiger partial charge in [-0.3, -0.25) is 0 Å². The maximum Gasteiger partial charge on any atom is 0.0873 e. The van der Waals surface area contributed by atoms with Gasteiger partial charge >= 0.3 is 0 Å². The van der Waals surface area contributed by atoms with Crippen molar-refractivity contribution in [2.45, 2.75) is 19.8 Å². The van der Waals surface area contributed by atoms with Crippen LogP contribution in [0.4, 0.5) is 0 Å². The van der Waals surface area contributed by atoms with E-state index in [4.69, 9.17) is 9.47 Å². The molecule has 0 radical (unpaired) electrons. The summed E-state index contributed by atoms with van der Waals surface area (Å²) in [7, 11) is 0. The fraction of sp³-hybridized carbons (Fsp3) is 0.778. The molecule has 0 aliphatic carbocycles. The van der Waals surface area contributed by atoms with Gasteiger partial charge in [-0.05, 0) is 12.8 Å². The summed E-state index contributed by atoms with van der Waals surface area (Å²) in [4.78, 5) is 0. The van der Waals surface area contributed by atoms with Crippen molar-refractivity contribution in [2.24, 2.45) is 5.41 Å². The van der Waals surface area contributed by atoms with Gasteiger partial charge in [0.05, 0.1) is 26.1 Å². The average molecular weight is 156 g/mol. The molecule has 1 aliphatic heterocycles. The van der Waals surface area contributed by atoms with Crippen molar-refractivity contribution in [1.82, 2.24) is 0 Å². The SMILES string of the molecule is C=COCCCC1(C)COC1. The molecule has 0 atom stereocenters. The lowest BCUT2D eigenvalue weighted by Gasteiger charge is -2.38. The molecule has 1 aliphatic rings. The molecule has 2 nitrogen and oxygen atoms in total. The molecule has 64 valence electrons. The summed E-state index contributed by atoms with van der Waals surface area (Å²) >= 11 is 0. The van der Waals surface area contributed by atoms with Crippen LogP contribution in [0.3, 0.4) is 0 Å². The molecule has 0 unspecified atom stereocenters. The monoisotopic (exact) mass is 156 g/mol. The average Bonchev–Trinajstić information content (AvgIpc) is 1.95. The molecule has 0 spiro atoms. The Morgan fingerprint density at radius 3 is 2.82 bits per heavy atom. The molecule has 1 rings (SSSR count). The minimum Gasteiger partial charge on any atom is -0.502 e. The molecule has 0 aromatic rings. The first-order valence-corrected chi connectivity index (χ1v) is 4.07. The van der Waals surface area contributed by atoms with Crippen molar-refractivity contribution < 1.29 is 9.47 Å². The highest BCUT2D eigenvalue weighted by Crippen LogP contribution is 2.31. The zero-order chi connectivity index (χ0) is 8.16. The van der Waals surface area contributed by atoms with Crippen molar-refractivity contribution in [3.8, 4) is 0 Å². The minimum atomic E-state index is 0.435. The molecule has 2 heteroatoms. The fourth-order valence-corrected chi connectivity index (χ4v) is 1.26. The van der Waals surface area contributed by atoms with E-state index in [1.807, 2.05) is 0 Å². The predicted molar refractivity (Wildman–Crippen MR) is 44.3 cm³/mol. The van der Waals surface area contributed by atoms with E-state index in [1.54, 1.807) is 0 Å². The number of hydrogen-bond donors (Lipinski definition) is 0. The predicted octanol–water partition coefficient (Wildman–Crippen LogP) is 1.96. The Balaban J connectivity index is 1.97. The molecule has 0 aromatic carbocycles. The van der Waals surface area contributed by atoms with Gasteiger partial charge in [0.2, 0.25) is 0 Å². The van der Waals surface area contributed by atoms with Crippen LogP contribution < -0.4 is 0 Å². The summed E-state index contributed by atoms with van der Waals surface area (Å²) in [6.07, 6.45) is 3.80. The summed E-state index contributed by atoms with van der Waals surface area (Å²) < 4.78 is 10.2. The van der Waals surface area contributed by atoms with E-state index in [9.17, 15) is 0 Å². The van der Waals surface area contributed by atoms with Crippen molar-refractivity contribution in [2.75, 3.05) is 19.8 Å². The standard InChI is InChI=1S/C9H16O2/c1-3-10-6-4-5-9(2)7-11-8-9/h3H,1,4-8H2,2H3. The molecular weight excluding hydrogens is 140 g/mol. The van der Waals surface area contributed by atoms with Crippen molar-refractivity contribution in [3.63, 3.8) is 0 Å². The Morgan fingerprint density at radius 2 is 2.36 bits per heavy atom. The second kappa shape index (κ2) is 3.77. The van der Waals surface area contributed by atoms with Gasteiger partial charge in [-0.15, -0.1) is 0 Å². The van der Waals surface area contributed by atoms with Crippen LogP contribution in [-0.4, -0.2) is 19.8 Å². The Labute approximate surface area is 68.2 Å². The van der Waals surface area contributed by atoms with Gasteiger partial charge in [0.15, 0.2) is 0 Å². The number of hydrogen-bond acceptors (Lipinski definition) is 2. The summed E-state index contributed by atoms with van der Waals surface area (Å²) in [6.45, 7) is 8.36. The van der Waals surface area contributed by atoms with Crippen LogP contribution in [0.1, 0.15) is 19.8 Å². The number of rotatable bonds is 5. The Hall–Kier alpha value is -0.500. The lowest BCUT2D eigenvalue weighted by atomic mass is 9.84. The molecule has 0 saturated carbocycles. The second-order valence-corrected chi connectivity index (χ2v) is 3.44. The van der Waals surface area contributed by atoms with Crippen LogP contribution in [0.5, 0.6) is 0 Å². The first-order chi connectivity index (χ1) is 5.27. The maximum absolute atomic E-state index is 5.13.